The minimum atomic E-state index is -1.19. The molecule has 0 atom stereocenters. The molecule has 0 aliphatic rings. The van der Waals surface area contributed by atoms with Crippen molar-refractivity contribution < 1.29 is 19.4 Å². The van der Waals surface area contributed by atoms with E-state index in [1.807, 2.05) is 12.1 Å². The minimum Gasteiger partial charge on any atom is -0.476 e. The van der Waals surface area contributed by atoms with Crippen molar-refractivity contribution in [2.75, 3.05) is 5.32 Å². The number of aryl methyl sites for hydroxylation is 1. The topological polar surface area (TPSA) is 111 Å². The molecule has 0 aliphatic heterocycles. The summed E-state index contributed by atoms with van der Waals surface area (Å²) in [7, 11) is 1.48. The monoisotopic (exact) mass is 419 g/mol. The highest BCUT2D eigenvalue weighted by Crippen LogP contribution is 2.17. The quantitative estimate of drug-likeness (QED) is 0.634. The number of ether oxygens (including phenoxy) is 1. The lowest BCUT2D eigenvalue weighted by Crippen LogP contribution is -2.16. The molecule has 3 rings (SSSR count). The Labute approximate surface area is 156 Å². The van der Waals surface area contributed by atoms with Gasteiger partial charge in [-0.15, -0.1) is 0 Å². The Morgan fingerprint density at radius 2 is 2.00 bits per heavy atom. The van der Waals surface area contributed by atoms with Crippen molar-refractivity contribution in [1.82, 2.24) is 19.6 Å². The van der Waals surface area contributed by atoms with Crippen LogP contribution in [0.2, 0.25) is 0 Å². The summed E-state index contributed by atoms with van der Waals surface area (Å²) < 4.78 is 9.14. The predicted octanol–water partition coefficient (Wildman–Crippen LogP) is 2.37. The van der Waals surface area contributed by atoms with Crippen LogP contribution in [0.15, 0.2) is 47.2 Å². The second kappa shape index (κ2) is 7.40. The van der Waals surface area contributed by atoms with Crippen LogP contribution in [0.3, 0.4) is 0 Å². The number of rotatable bonds is 6. The van der Waals surface area contributed by atoms with Crippen molar-refractivity contribution in [3.8, 4) is 5.75 Å². The van der Waals surface area contributed by atoms with Crippen LogP contribution in [0.25, 0.3) is 0 Å². The number of nitrogens with one attached hydrogen (secondary N) is 1. The molecule has 0 bridgehead atoms. The minimum absolute atomic E-state index is 0.102. The zero-order valence-corrected chi connectivity index (χ0v) is 15.2. The molecular weight excluding hydrogens is 406 g/mol. The Bertz CT molecular complexity index is 948. The zero-order chi connectivity index (χ0) is 18.7. The summed E-state index contributed by atoms with van der Waals surface area (Å²) in [5.74, 6) is -1.06. The van der Waals surface area contributed by atoms with Gasteiger partial charge in [0.2, 0.25) is 0 Å². The molecule has 3 aromatic rings. The Kier molecular flexibility index (Phi) is 5.03. The zero-order valence-electron chi connectivity index (χ0n) is 13.6. The lowest BCUT2D eigenvalue weighted by Gasteiger charge is -2.06. The first-order chi connectivity index (χ1) is 12.4. The number of carboxylic acid groups (broad SMARTS) is 1. The molecule has 0 unspecified atom stereocenters. The van der Waals surface area contributed by atoms with Crippen molar-refractivity contribution in [1.29, 1.82) is 0 Å². The number of nitrogens with zero attached hydrogens (tertiary/aromatic N) is 4. The molecule has 2 aromatic heterocycles. The van der Waals surface area contributed by atoms with Crippen LogP contribution < -0.4 is 10.1 Å². The summed E-state index contributed by atoms with van der Waals surface area (Å²) in [6.45, 7) is 0.127. The number of benzene rings is 1. The van der Waals surface area contributed by atoms with Gasteiger partial charge in [-0.2, -0.15) is 10.2 Å². The van der Waals surface area contributed by atoms with E-state index >= 15 is 0 Å². The van der Waals surface area contributed by atoms with Gasteiger partial charge in [0, 0.05) is 17.7 Å². The molecule has 0 saturated heterocycles. The van der Waals surface area contributed by atoms with E-state index in [-0.39, 0.29) is 23.8 Å². The third-order valence-corrected chi connectivity index (χ3v) is 3.97. The summed E-state index contributed by atoms with van der Waals surface area (Å²) in [4.78, 5) is 23.5. The SMILES string of the molecule is Cn1ncc(NC(=O)c2ccn(COc3ccc(Br)cc3)n2)c1C(=O)O. The molecule has 9 nitrogen and oxygen atoms in total. The van der Waals surface area contributed by atoms with Crippen molar-refractivity contribution in [2.45, 2.75) is 6.73 Å². The molecule has 1 amide bonds. The second-order valence-electron chi connectivity index (χ2n) is 5.26. The number of anilines is 1. The summed E-state index contributed by atoms with van der Waals surface area (Å²) in [5.41, 5.74) is 0.117. The number of carboxylic acids is 1. The molecule has 0 spiro atoms. The lowest BCUT2D eigenvalue weighted by atomic mass is 10.3. The maximum atomic E-state index is 12.3. The fourth-order valence-corrected chi connectivity index (χ4v) is 2.46. The number of carbonyl (C=O) groups excluding carboxylic acids is 1. The predicted molar refractivity (Wildman–Crippen MR) is 95.1 cm³/mol. The third-order valence-electron chi connectivity index (χ3n) is 3.44. The van der Waals surface area contributed by atoms with Crippen molar-refractivity contribution in [3.05, 3.63) is 58.6 Å². The molecule has 2 N–H and O–H groups in total. The average Bonchev–Trinajstić information content (AvgIpc) is 3.21. The number of hydrogen-bond donors (Lipinski definition) is 2. The van der Waals surface area contributed by atoms with E-state index in [4.69, 9.17) is 9.84 Å². The van der Waals surface area contributed by atoms with Gasteiger partial charge in [0.1, 0.15) is 5.75 Å². The van der Waals surface area contributed by atoms with Gasteiger partial charge in [-0.3, -0.25) is 9.48 Å². The van der Waals surface area contributed by atoms with Gasteiger partial charge < -0.3 is 15.2 Å². The molecule has 10 heteroatoms. The van der Waals surface area contributed by atoms with Crippen molar-refractivity contribution in [2.24, 2.45) is 7.05 Å². The summed E-state index contributed by atoms with van der Waals surface area (Å²) in [6, 6.07) is 8.82. The largest absolute Gasteiger partial charge is 0.476 e. The van der Waals surface area contributed by atoms with Crippen LogP contribution in [0, 0.1) is 0 Å². The Balaban J connectivity index is 1.64. The molecule has 0 saturated carbocycles. The fraction of sp³-hybridized carbons (Fsp3) is 0.125. The Morgan fingerprint density at radius 1 is 1.27 bits per heavy atom. The first kappa shape index (κ1) is 17.7. The first-order valence-electron chi connectivity index (χ1n) is 7.42. The Morgan fingerprint density at radius 3 is 2.69 bits per heavy atom. The number of halogens is 1. The maximum absolute atomic E-state index is 12.3. The van der Waals surface area contributed by atoms with Crippen LogP contribution in [-0.2, 0) is 13.8 Å². The summed E-state index contributed by atoms with van der Waals surface area (Å²) >= 11 is 3.34. The molecule has 0 aliphatic carbocycles. The van der Waals surface area contributed by atoms with E-state index in [9.17, 15) is 9.59 Å². The van der Waals surface area contributed by atoms with Gasteiger partial charge in [0.25, 0.3) is 5.91 Å². The van der Waals surface area contributed by atoms with E-state index in [0.29, 0.717) is 5.75 Å². The van der Waals surface area contributed by atoms with Gasteiger partial charge in [0.05, 0.1) is 11.9 Å². The van der Waals surface area contributed by atoms with E-state index in [1.165, 1.54) is 28.7 Å². The van der Waals surface area contributed by atoms with E-state index < -0.39 is 11.9 Å². The standard InChI is InChI=1S/C16H14BrN5O4/c1-21-14(16(24)25)13(8-18-21)19-15(23)12-6-7-22(20-12)9-26-11-4-2-10(17)3-5-11/h2-8H,9H2,1H3,(H,19,23)(H,24,25). The number of aromatic carboxylic acids is 1. The van der Waals surface area contributed by atoms with Gasteiger partial charge in [-0.1, -0.05) is 15.9 Å². The first-order valence-corrected chi connectivity index (χ1v) is 8.22. The number of aromatic nitrogens is 4. The van der Waals surface area contributed by atoms with Gasteiger partial charge in [-0.05, 0) is 30.3 Å². The van der Waals surface area contributed by atoms with Crippen LogP contribution in [0.5, 0.6) is 5.75 Å². The molecular formula is C16H14BrN5O4. The van der Waals surface area contributed by atoms with E-state index in [2.05, 4.69) is 31.4 Å². The third kappa shape index (κ3) is 3.91. The molecule has 26 heavy (non-hydrogen) atoms. The molecule has 1 aromatic carbocycles. The number of carbonyl (C=O) groups is 2. The van der Waals surface area contributed by atoms with Crippen LogP contribution in [0.4, 0.5) is 5.69 Å². The lowest BCUT2D eigenvalue weighted by molar-refractivity contribution is 0.0686. The van der Waals surface area contributed by atoms with Gasteiger partial charge in [-0.25, -0.2) is 9.48 Å². The highest BCUT2D eigenvalue weighted by atomic mass is 79.9. The smallest absolute Gasteiger partial charge is 0.356 e. The van der Waals surface area contributed by atoms with Crippen LogP contribution in [-0.4, -0.2) is 36.5 Å². The average molecular weight is 420 g/mol. The summed E-state index contributed by atoms with van der Waals surface area (Å²) in [5, 5.41) is 19.6. The highest BCUT2D eigenvalue weighted by Gasteiger charge is 2.19. The molecule has 0 fully saturated rings. The Hall–Kier alpha value is -3.14. The van der Waals surface area contributed by atoms with E-state index in [1.54, 1.807) is 18.3 Å². The number of amides is 1. The second-order valence-corrected chi connectivity index (χ2v) is 6.17. The van der Waals surface area contributed by atoms with Crippen molar-refractivity contribution >= 4 is 33.5 Å². The maximum Gasteiger partial charge on any atom is 0.356 e. The van der Waals surface area contributed by atoms with Gasteiger partial charge in [0.15, 0.2) is 18.1 Å². The van der Waals surface area contributed by atoms with E-state index in [0.717, 1.165) is 4.47 Å². The molecule has 2 heterocycles. The van der Waals surface area contributed by atoms with Gasteiger partial charge >= 0.3 is 5.97 Å². The van der Waals surface area contributed by atoms with Crippen LogP contribution >= 0.6 is 15.9 Å². The normalized spacial score (nSPS) is 10.5. The van der Waals surface area contributed by atoms with Crippen molar-refractivity contribution in [3.63, 3.8) is 0 Å². The highest BCUT2D eigenvalue weighted by molar-refractivity contribution is 9.10. The van der Waals surface area contributed by atoms with Crippen LogP contribution in [0.1, 0.15) is 21.0 Å². The molecule has 134 valence electrons. The fourth-order valence-electron chi connectivity index (χ4n) is 2.20. The number of hydrogen-bond acceptors (Lipinski definition) is 5. The summed E-state index contributed by atoms with van der Waals surface area (Å²) in [6.07, 6.45) is 2.87. The molecule has 0 radical (unpaired) electrons.